The predicted octanol–water partition coefficient (Wildman–Crippen LogP) is 5.66. The molecule has 0 aliphatic rings. The van der Waals surface area contributed by atoms with E-state index in [2.05, 4.69) is 25.2 Å². The van der Waals surface area contributed by atoms with Gasteiger partial charge in [0, 0.05) is 15.6 Å². The van der Waals surface area contributed by atoms with Crippen LogP contribution in [0.15, 0.2) is 24.3 Å². The largest absolute Gasteiger partial charge is 0.309 e. The van der Waals surface area contributed by atoms with Crippen LogP contribution in [-0.4, -0.2) is 6.54 Å². The summed E-state index contributed by atoms with van der Waals surface area (Å²) >= 11 is 1.79. The quantitative estimate of drug-likeness (QED) is 0.619. The molecule has 0 bridgehead atoms. The minimum Gasteiger partial charge on any atom is -0.309 e. The number of rotatable bonds is 8. The Morgan fingerprint density at radius 3 is 2.75 bits per heavy atom. The van der Waals surface area contributed by atoms with Crippen molar-refractivity contribution in [3.05, 3.63) is 35.0 Å². The van der Waals surface area contributed by atoms with E-state index in [1.165, 1.54) is 35.3 Å². The number of nitrogens with one attached hydrogen (secondary N) is 1. The van der Waals surface area contributed by atoms with Crippen LogP contribution in [0.25, 0.3) is 10.1 Å². The summed E-state index contributed by atoms with van der Waals surface area (Å²) in [4.78, 5) is 1.34. The molecule has 0 amide bonds. The fourth-order valence-electron chi connectivity index (χ4n) is 2.47. The Bertz CT molecular complexity index is 535. The van der Waals surface area contributed by atoms with Gasteiger partial charge in [-0.3, -0.25) is 0 Å². The molecule has 20 heavy (non-hydrogen) atoms. The third-order valence-corrected chi connectivity index (χ3v) is 4.81. The van der Waals surface area contributed by atoms with Crippen molar-refractivity contribution in [1.82, 2.24) is 5.32 Å². The molecule has 1 aromatic heterocycles. The molecule has 1 heterocycles. The summed E-state index contributed by atoms with van der Waals surface area (Å²) < 4.78 is 14.5. The number of unbranched alkanes of at least 4 members (excludes halogenated alkanes) is 2. The topological polar surface area (TPSA) is 12.0 Å². The molecule has 1 atom stereocenters. The first-order chi connectivity index (χ1) is 9.74. The Morgan fingerprint density at radius 1 is 1.15 bits per heavy atom. The van der Waals surface area contributed by atoms with Crippen LogP contribution >= 0.6 is 11.3 Å². The lowest BCUT2D eigenvalue weighted by Gasteiger charge is -2.16. The Morgan fingerprint density at radius 2 is 2.00 bits per heavy atom. The van der Waals surface area contributed by atoms with Gasteiger partial charge in [-0.15, -0.1) is 11.3 Å². The molecule has 2 rings (SSSR count). The molecule has 1 aromatic carbocycles. The Labute approximate surface area is 125 Å². The summed E-state index contributed by atoms with van der Waals surface area (Å²) in [6.45, 7) is 5.46. The van der Waals surface area contributed by atoms with Gasteiger partial charge in [0.05, 0.1) is 0 Å². The highest BCUT2D eigenvalue weighted by atomic mass is 32.1. The van der Waals surface area contributed by atoms with Crippen LogP contribution in [0.5, 0.6) is 0 Å². The van der Waals surface area contributed by atoms with E-state index in [4.69, 9.17) is 0 Å². The Balaban J connectivity index is 2.15. The van der Waals surface area contributed by atoms with Crippen LogP contribution in [0.1, 0.15) is 56.9 Å². The predicted molar refractivity (Wildman–Crippen MR) is 87.0 cm³/mol. The smallest absolute Gasteiger partial charge is 0.123 e. The average Bonchev–Trinajstić information content (AvgIpc) is 2.85. The zero-order valence-electron chi connectivity index (χ0n) is 12.4. The number of halogens is 1. The van der Waals surface area contributed by atoms with Crippen molar-refractivity contribution in [2.75, 3.05) is 6.54 Å². The third-order valence-electron chi connectivity index (χ3n) is 3.58. The van der Waals surface area contributed by atoms with Gasteiger partial charge in [0.2, 0.25) is 0 Å². The lowest BCUT2D eigenvalue weighted by molar-refractivity contribution is 0.480. The molecule has 0 saturated carbocycles. The van der Waals surface area contributed by atoms with E-state index in [0.29, 0.717) is 6.04 Å². The van der Waals surface area contributed by atoms with Crippen LogP contribution in [0.4, 0.5) is 4.39 Å². The van der Waals surface area contributed by atoms with E-state index < -0.39 is 0 Å². The molecule has 0 spiro atoms. The monoisotopic (exact) mass is 293 g/mol. The van der Waals surface area contributed by atoms with Gasteiger partial charge in [-0.1, -0.05) is 33.1 Å². The Hall–Kier alpha value is -0.930. The van der Waals surface area contributed by atoms with Gasteiger partial charge < -0.3 is 5.32 Å². The van der Waals surface area contributed by atoms with Gasteiger partial charge in [-0.25, -0.2) is 4.39 Å². The first kappa shape index (κ1) is 15.5. The molecule has 0 aliphatic heterocycles. The lowest BCUT2D eigenvalue weighted by Crippen LogP contribution is -2.21. The molecule has 0 fully saturated rings. The van der Waals surface area contributed by atoms with Crippen molar-refractivity contribution in [1.29, 1.82) is 0 Å². The number of hydrogen-bond donors (Lipinski definition) is 1. The van der Waals surface area contributed by atoms with Crippen molar-refractivity contribution >= 4 is 21.4 Å². The molecule has 0 radical (unpaired) electrons. The van der Waals surface area contributed by atoms with Crippen LogP contribution < -0.4 is 5.32 Å². The van der Waals surface area contributed by atoms with Gasteiger partial charge in [-0.05, 0) is 49.0 Å². The third kappa shape index (κ3) is 4.03. The SMILES string of the molecule is CCCCCC(NCCC)c1cc2cc(F)ccc2s1. The molecule has 0 aliphatic carbocycles. The maximum absolute atomic E-state index is 13.3. The van der Waals surface area contributed by atoms with Crippen molar-refractivity contribution < 1.29 is 4.39 Å². The molecule has 1 N–H and O–H groups in total. The fourth-order valence-corrected chi connectivity index (χ4v) is 3.62. The van der Waals surface area contributed by atoms with Crippen LogP contribution in [-0.2, 0) is 0 Å². The van der Waals surface area contributed by atoms with Gasteiger partial charge in [0.1, 0.15) is 5.82 Å². The maximum Gasteiger partial charge on any atom is 0.123 e. The van der Waals surface area contributed by atoms with E-state index in [-0.39, 0.29) is 5.82 Å². The molecule has 110 valence electrons. The number of hydrogen-bond acceptors (Lipinski definition) is 2. The van der Waals surface area contributed by atoms with Crippen LogP contribution in [0, 0.1) is 5.82 Å². The minimum atomic E-state index is -0.147. The van der Waals surface area contributed by atoms with Crippen LogP contribution in [0.3, 0.4) is 0 Å². The second-order valence-corrected chi connectivity index (χ2v) is 6.45. The minimum absolute atomic E-state index is 0.147. The molecule has 3 heteroatoms. The molecule has 0 saturated heterocycles. The van der Waals surface area contributed by atoms with Crippen molar-refractivity contribution in [2.24, 2.45) is 0 Å². The van der Waals surface area contributed by atoms with E-state index in [1.807, 2.05) is 6.07 Å². The molecule has 1 unspecified atom stereocenters. The molecular formula is C17H24FNS. The maximum atomic E-state index is 13.3. The Kier molecular flexibility index (Phi) is 5.99. The van der Waals surface area contributed by atoms with Crippen molar-refractivity contribution in [3.63, 3.8) is 0 Å². The van der Waals surface area contributed by atoms with Crippen LogP contribution in [0.2, 0.25) is 0 Å². The summed E-state index contributed by atoms with van der Waals surface area (Å²) in [5.74, 6) is -0.147. The second-order valence-electron chi connectivity index (χ2n) is 5.33. The van der Waals surface area contributed by atoms with Gasteiger partial charge in [0.25, 0.3) is 0 Å². The van der Waals surface area contributed by atoms with Crippen molar-refractivity contribution in [3.8, 4) is 0 Å². The summed E-state index contributed by atoms with van der Waals surface area (Å²) in [6, 6.07) is 7.65. The van der Waals surface area contributed by atoms with E-state index in [0.717, 1.165) is 18.4 Å². The summed E-state index contributed by atoms with van der Waals surface area (Å²) in [5.41, 5.74) is 0. The highest BCUT2D eigenvalue weighted by molar-refractivity contribution is 7.19. The van der Waals surface area contributed by atoms with Gasteiger partial charge >= 0.3 is 0 Å². The molecular weight excluding hydrogens is 269 g/mol. The zero-order chi connectivity index (χ0) is 14.4. The number of benzene rings is 1. The van der Waals surface area contributed by atoms with Gasteiger partial charge in [0.15, 0.2) is 0 Å². The number of fused-ring (bicyclic) bond motifs is 1. The van der Waals surface area contributed by atoms with E-state index >= 15 is 0 Å². The first-order valence-corrected chi connectivity index (χ1v) is 8.48. The highest BCUT2D eigenvalue weighted by Gasteiger charge is 2.13. The normalized spacial score (nSPS) is 12.9. The molecule has 1 nitrogen and oxygen atoms in total. The number of thiophene rings is 1. The summed E-state index contributed by atoms with van der Waals surface area (Å²) in [5, 5.41) is 4.67. The van der Waals surface area contributed by atoms with Gasteiger partial charge in [-0.2, -0.15) is 0 Å². The molecule has 2 aromatic rings. The standard InChI is InChI=1S/C17H24FNS/c1-3-5-6-7-15(19-10-4-2)17-12-13-11-14(18)8-9-16(13)20-17/h8-9,11-12,15,19H,3-7,10H2,1-2H3. The summed E-state index contributed by atoms with van der Waals surface area (Å²) in [6.07, 6.45) is 6.09. The van der Waals surface area contributed by atoms with Crippen molar-refractivity contribution in [2.45, 2.75) is 52.0 Å². The average molecular weight is 293 g/mol. The highest BCUT2D eigenvalue weighted by Crippen LogP contribution is 2.32. The lowest BCUT2D eigenvalue weighted by atomic mass is 10.1. The van der Waals surface area contributed by atoms with E-state index in [9.17, 15) is 4.39 Å². The summed E-state index contributed by atoms with van der Waals surface area (Å²) in [7, 11) is 0. The second kappa shape index (κ2) is 7.75. The first-order valence-electron chi connectivity index (χ1n) is 7.67. The fraction of sp³-hybridized carbons (Fsp3) is 0.529. The van der Waals surface area contributed by atoms with E-state index in [1.54, 1.807) is 23.5 Å². The zero-order valence-corrected chi connectivity index (χ0v) is 13.2.